The van der Waals surface area contributed by atoms with Crippen LogP contribution in [0.15, 0.2) is 6.07 Å². The minimum Gasteiger partial charge on any atom is -0.389 e. The second kappa shape index (κ2) is 6.72. The van der Waals surface area contributed by atoms with E-state index in [2.05, 4.69) is 29.0 Å². The number of hydrogen-bond donors (Lipinski definition) is 2. The highest BCUT2D eigenvalue weighted by atomic mass is 16.3. The number of carbonyl (C=O) groups is 1. The second-order valence-corrected chi connectivity index (χ2v) is 6.89. The lowest BCUT2D eigenvalue weighted by Gasteiger charge is -2.18. The van der Waals surface area contributed by atoms with Gasteiger partial charge in [0.2, 0.25) is 5.91 Å². The number of nitrogens with zero attached hydrogens (tertiary/aromatic N) is 5. The molecule has 0 fully saturated rings. The number of aromatic nitrogens is 5. The summed E-state index contributed by atoms with van der Waals surface area (Å²) in [6, 6.07) is 1.98. The van der Waals surface area contributed by atoms with Crippen LogP contribution in [0.5, 0.6) is 0 Å². The molecular weight excluding hydrogens is 308 g/mol. The third-order valence-corrected chi connectivity index (χ3v) is 3.50. The largest absolute Gasteiger partial charge is 0.389 e. The van der Waals surface area contributed by atoms with E-state index in [-0.39, 0.29) is 18.9 Å². The number of nitrogens with two attached hydrogens (primary N) is 1. The van der Waals surface area contributed by atoms with Crippen molar-refractivity contribution >= 4 is 5.91 Å². The molecule has 0 aliphatic carbocycles. The molecule has 2 heterocycles. The fourth-order valence-corrected chi connectivity index (χ4v) is 2.43. The first kappa shape index (κ1) is 18.1. The Morgan fingerprint density at radius 3 is 2.50 bits per heavy atom. The fourth-order valence-electron chi connectivity index (χ4n) is 2.43. The van der Waals surface area contributed by atoms with E-state index < -0.39 is 11.5 Å². The zero-order valence-corrected chi connectivity index (χ0v) is 14.9. The molecule has 8 heteroatoms. The van der Waals surface area contributed by atoms with Gasteiger partial charge in [0.25, 0.3) is 0 Å². The standard InChI is InChI=1S/C16H26N6O2/c1-6-21-12(7-11(19-21)10(2)3)15-18-14(8-13(17)23)20-22(15)9-16(4,5)24/h7,10,24H,6,8-9H2,1-5H3,(H2,17,23). The molecule has 0 aliphatic rings. The quantitative estimate of drug-likeness (QED) is 0.787. The van der Waals surface area contributed by atoms with Gasteiger partial charge in [-0.05, 0) is 32.8 Å². The van der Waals surface area contributed by atoms with E-state index in [9.17, 15) is 9.90 Å². The van der Waals surface area contributed by atoms with Crippen LogP contribution in [-0.2, 0) is 24.3 Å². The molecule has 0 saturated heterocycles. The summed E-state index contributed by atoms with van der Waals surface area (Å²) in [6.45, 7) is 10.5. The van der Waals surface area contributed by atoms with Crippen LogP contribution in [-0.4, -0.2) is 41.2 Å². The number of primary amides is 1. The molecule has 0 radical (unpaired) electrons. The predicted molar refractivity (Wildman–Crippen MR) is 90.2 cm³/mol. The fraction of sp³-hybridized carbons (Fsp3) is 0.625. The maximum absolute atomic E-state index is 11.2. The van der Waals surface area contributed by atoms with Crippen molar-refractivity contribution in [2.75, 3.05) is 0 Å². The van der Waals surface area contributed by atoms with Crippen LogP contribution in [0.2, 0.25) is 0 Å². The Hall–Kier alpha value is -2.22. The van der Waals surface area contributed by atoms with Crippen molar-refractivity contribution in [1.29, 1.82) is 0 Å². The maximum atomic E-state index is 11.2. The average Bonchev–Trinajstić information content (AvgIpc) is 2.99. The van der Waals surface area contributed by atoms with Crippen LogP contribution in [0.25, 0.3) is 11.5 Å². The minimum absolute atomic E-state index is 0.0385. The summed E-state index contributed by atoms with van der Waals surface area (Å²) in [4.78, 5) is 15.7. The van der Waals surface area contributed by atoms with Gasteiger partial charge >= 0.3 is 0 Å². The van der Waals surface area contributed by atoms with Crippen LogP contribution in [0.3, 0.4) is 0 Å². The van der Waals surface area contributed by atoms with E-state index in [1.807, 2.05) is 17.7 Å². The molecule has 2 rings (SSSR count). The summed E-state index contributed by atoms with van der Waals surface area (Å²) < 4.78 is 3.47. The highest BCUT2D eigenvalue weighted by Crippen LogP contribution is 2.24. The molecule has 3 N–H and O–H groups in total. The number of aliphatic hydroxyl groups is 1. The van der Waals surface area contributed by atoms with E-state index in [0.29, 0.717) is 18.2 Å². The van der Waals surface area contributed by atoms with Crippen LogP contribution in [0, 0.1) is 0 Å². The molecule has 1 amide bonds. The Balaban J connectivity index is 2.54. The first-order valence-electron chi connectivity index (χ1n) is 8.13. The smallest absolute Gasteiger partial charge is 0.225 e. The van der Waals surface area contributed by atoms with Gasteiger partial charge in [-0.15, -0.1) is 0 Å². The van der Waals surface area contributed by atoms with Gasteiger partial charge in [-0.1, -0.05) is 13.8 Å². The molecule has 0 aliphatic heterocycles. The van der Waals surface area contributed by atoms with Crippen LogP contribution in [0.1, 0.15) is 52.1 Å². The van der Waals surface area contributed by atoms with Crippen molar-refractivity contribution in [3.05, 3.63) is 17.6 Å². The molecule has 0 atom stereocenters. The molecule has 132 valence electrons. The summed E-state index contributed by atoms with van der Waals surface area (Å²) in [5.41, 5.74) is 6.06. The van der Waals surface area contributed by atoms with Crippen molar-refractivity contribution in [2.45, 2.75) is 65.6 Å². The van der Waals surface area contributed by atoms with Gasteiger partial charge in [0.15, 0.2) is 11.6 Å². The summed E-state index contributed by atoms with van der Waals surface area (Å²) >= 11 is 0. The molecule has 0 bridgehead atoms. The van der Waals surface area contributed by atoms with Crippen molar-refractivity contribution in [2.24, 2.45) is 5.73 Å². The monoisotopic (exact) mass is 334 g/mol. The van der Waals surface area contributed by atoms with Gasteiger partial charge in [0.05, 0.1) is 24.3 Å². The Labute approximate surface area is 141 Å². The zero-order valence-electron chi connectivity index (χ0n) is 14.9. The normalized spacial score (nSPS) is 12.1. The van der Waals surface area contributed by atoms with E-state index >= 15 is 0 Å². The van der Waals surface area contributed by atoms with E-state index in [4.69, 9.17) is 5.73 Å². The number of amides is 1. The topological polar surface area (TPSA) is 112 Å². The Morgan fingerprint density at radius 2 is 2.00 bits per heavy atom. The van der Waals surface area contributed by atoms with E-state index in [1.54, 1.807) is 18.5 Å². The molecule has 2 aromatic heterocycles. The second-order valence-electron chi connectivity index (χ2n) is 6.89. The van der Waals surface area contributed by atoms with Crippen LogP contribution in [0.4, 0.5) is 0 Å². The van der Waals surface area contributed by atoms with Gasteiger partial charge in [-0.25, -0.2) is 9.67 Å². The van der Waals surface area contributed by atoms with Crippen molar-refractivity contribution in [1.82, 2.24) is 24.5 Å². The lowest BCUT2D eigenvalue weighted by molar-refractivity contribution is -0.117. The molecule has 8 nitrogen and oxygen atoms in total. The third-order valence-electron chi connectivity index (χ3n) is 3.50. The summed E-state index contributed by atoms with van der Waals surface area (Å²) in [6.07, 6.45) is -0.0385. The van der Waals surface area contributed by atoms with E-state index in [0.717, 1.165) is 11.4 Å². The lowest BCUT2D eigenvalue weighted by Crippen LogP contribution is -2.27. The first-order valence-corrected chi connectivity index (χ1v) is 8.13. The summed E-state index contributed by atoms with van der Waals surface area (Å²) in [7, 11) is 0. The zero-order chi connectivity index (χ0) is 18.1. The first-order chi connectivity index (χ1) is 11.1. The van der Waals surface area contributed by atoms with Crippen LogP contribution >= 0.6 is 0 Å². The van der Waals surface area contributed by atoms with Gasteiger partial charge in [-0.3, -0.25) is 9.48 Å². The lowest BCUT2D eigenvalue weighted by atomic mass is 10.1. The molecule has 0 unspecified atom stereocenters. The molecular formula is C16H26N6O2. The van der Waals surface area contributed by atoms with E-state index in [1.165, 1.54) is 0 Å². The van der Waals surface area contributed by atoms with Crippen molar-refractivity contribution < 1.29 is 9.90 Å². The molecule has 0 saturated carbocycles. The predicted octanol–water partition coefficient (Wildman–Crippen LogP) is 1.08. The highest BCUT2D eigenvalue weighted by Gasteiger charge is 2.23. The minimum atomic E-state index is -0.968. The Bertz CT molecular complexity index is 723. The van der Waals surface area contributed by atoms with Gasteiger partial charge in [0.1, 0.15) is 5.69 Å². The van der Waals surface area contributed by atoms with Gasteiger partial charge in [-0.2, -0.15) is 10.2 Å². The summed E-state index contributed by atoms with van der Waals surface area (Å²) in [5.74, 6) is 0.715. The Morgan fingerprint density at radius 1 is 1.33 bits per heavy atom. The highest BCUT2D eigenvalue weighted by molar-refractivity contribution is 5.75. The molecule has 0 aromatic carbocycles. The third kappa shape index (κ3) is 4.19. The molecule has 24 heavy (non-hydrogen) atoms. The number of rotatable bonds is 7. The molecule has 0 spiro atoms. The maximum Gasteiger partial charge on any atom is 0.225 e. The van der Waals surface area contributed by atoms with Gasteiger partial charge < -0.3 is 10.8 Å². The average molecular weight is 334 g/mol. The number of hydrogen-bond acceptors (Lipinski definition) is 5. The SMILES string of the molecule is CCn1nc(C(C)C)cc1-c1nc(CC(N)=O)nn1CC(C)(C)O. The van der Waals surface area contributed by atoms with Crippen molar-refractivity contribution in [3.63, 3.8) is 0 Å². The summed E-state index contributed by atoms with van der Waals surface area (Å²) in [5, 5.41) is 19.1. The van der Waals surface area contributed by atoms with Gasteiger partial charge in [0, 0.05) is 6.54 Å². The van der Waals surface area contributed by atoms with Crippen LogP contribution < -0.4 is 5.73 Å². The number of carbonyl (C=O) groups excluding carboxylic acids is 1. The molecule has 2 aromatic rings. The number of aryl methyl sites for hydroxylation is 1. The Kier molecular flexibility index (Phi) is 5.08. The van der Waals surface area contributed by atoms with Crippen molar-refractivity contribution in [3.8, 4) is 11.5 Å².